The number of hydrogen-bond donors (Lipinski definition) is 0. The third kappa shape index (κ3) is 4.40. The lowest BCUT2D eigenvalue weighted by Crippen LogP contribution is -2.45. The van der Waals surface area contributed by atoms with Crippen molar-refractivity contribution in [2.75, 3.05) is 37.7 Å². The summed E-state index contributed by atoms with van der Waals surface area (Å²) in [4.78, 5) is 40.2. The van der Waals surface area contributed by atoms with Crippen LogP contribution in [0.2, 0.25) is 0 Å². The van der Waals surface area contributed by atoms with Gasteiger partial charge < -0.3 is 19.3 Å². The Hall–Kier alpha value is -2.57. The van der Waals surface area contributed by atoms with Crippen LogP contribution < -0.4 is 9.64 Å². The van der Waals surface area contributed by atoms with Gasteiger partial charge in [-0.15, -0.1) is 0 Å². The second-order valence-electron chi connectivity index (χ2n) is 6.99. The summed E-state index contributed by atoms with van der Waals surface area (Å²) in [5.74, 6) is -0.0134. The van der Waals surface area contributed by atoms with Crippen molar-refractivity contribution in [1.29, 1.82) is 0 Å². The molecule has 1 atom stereocenters. The standard InChI is InChI=1S/C20H26N2O5/c1-3-26-20(25)15-5-4-9-21(12-15)18(23)8-10-22-16-7-6-14(2)11-17(16)27-13-19(22)24/h6-7,11,15H,3-5,8-10,12-13H2,1-2H3. The fourth-order valence-electron chi connectivity index (χ4n) is 3.58. The van der Waals surface area contributed by atoms with Crippen molar-refractivity contribution < 1.29 is 23.9 Å². The van der Waals surface area contributed by atoms with Crippen LogP contribution in [0.25, 0.3) is 0 Å². The zero-order chi connectivity index (χ0) is 19.4. The van der Waals surface area contributed by atoms with Crippen LogP contribution >= 0.6 is 0 Å². The van der Waals surface area contributed by atoms with E-state index in [-0.39, 0.29) is 36.7 Å². The first kappa shape index (κ1) is 19.2. The maximum Gasteiger partial charge on any atom is 0.310 e. The van der Waals surface area contributed by atoms with E-state index < -0.39 is 0 Å². The molecule has 0 aliphatic carbocycles. The second-order valence-corrected chi connectivity index (χ2v) is 6.99. The number of amides is 2. The second kappa shape index (κ2) is 8.41. The highest BCUT2D eigenvalue weighted by molar-refractivity contribution is 5.98. The van der Waals surface area contributed by atoms with Crippen LogP contribution in [0.1, 0.15) is 31.7 Å². The quantitative estimate of drug-likeness (QED) is 0.736. The minimum Gasteiger partial charge on any atom is -0.482 e. The van der Waals surface area contributed by atoms with E-state index in [4.69, 9.17) is 9.47 Å². The normalized spacial score (nSPS) is 19.3. The predicted molar refractivity (Wildman–Crippen MR) is 99.6 cm³/mol. The fraction of sp³-hybridized carbons (Fsp3) is 0.550. The smallest absolute Gasteiger partial charge is 0.310 e. The molecule has 0 spiro atoms. The Kier molecular flexibility index (Phi) is 5.98. The average Bonchev–Trinajstić information content (AvgIpc) is 2.67. The summed E-state index contributed by atoms with van der Waals surface area (Å²) >= 11 is 0. The molecule has 2 heterocycles. The van der Waals surface area contributed by atoms with Crippen LogP contribution in [-0.2, 0) is 19.1 Å². The van der Waals surface area contributed by atoms with Crippen LogP contribution in [0.15, 0.2) is 18.2 Å². The van der Waals surface area contributed by atoms with Crippen molar-refractivity contribution >= 4 is 23.5 Å². The molecule has 27 heavy (non-hydrogen) atoms. The Bertz CT molecular complexity index is 733. The van der Waals surface area contributed by atoms with Crippen molar-refractivity contribution in [3.63, 3.8) is 0 Å². The first-order valence-electron chi connectivity index (χ1n) is 9.47. The third-order valence-electron chi connectivity index (χ3n) is 5.00. The molecule has 0 N–H and O–H groups in total. The van der Waals surface area contributed by atoms with Gasteiger partial charge in [-0.3, -0.25) is 14.4 Å². The van der Waals surface area contributed by atoms with E-state index in [9.17, 15) is 14.4 Å². The van der Waals surface area contributed by atoms with Crippen LogP contribution in [0.3, 0.4) is 0 Å². The predicted octanol–water partition coefficient (Wildman–Crippen LogP) is 1.91. The van der Waals surface area contributed by atoms with E-state index >= 15 is 0 Å². The zero-order valence-electron chi connectivity index (χ0n) is 15.9. The van der Waals surface area contributed by atoms with E-state index in [2.05, 4.69) is 0 Å². The molecule has 146 valence electrons. The lowest BCUT2D eigenvalue weighted by molar-refractivity contribution is -0.151. The summed E-state index contributed by atoms with van der Waals surface area (Å²) in [6.07, 6.45) is 1.75. The molecule has 3 rings (SSSR count). The topological polar surface area (TPSA) is 76.2 Å². The number of esters is 1. The first-order chi connectivity index (χ1) is 13.0. The van der Waals surface area contributed by atoms with Gasteiger partial charge in [0.1, 0.15) is 5.75 Å². The van der Waals surface area contributed by atoms with Crippen molar-refractivity contribution in [2.24, 2.45) is 5.92 Å². The summed E-state index contributed by atoms with van der Waals surface area (Å²) in [5.41, 5.74) is 1.75. The van der Waals surface area contributed by atoms with Crippen molar-refractivity contribution in [1.82, 2.24) is 4.90 Å². The minimum absolute atomic E-state index is 0.0146. The largest absolute Gasteiger partial charge is 0.482 e. The molecule has 0 radical (unpaired) electrons. The Morgan fingerprint density at radius 2 is 2.15 bits per heavy atom. The molecule has 7 nitrogen and oxygen atoms in total. The van der Waals surface area contributed by atoms with Crippen molar-refractivity contribution in [2.45, 2.75) is 33.1 Å². The van der Waals surface area contributed by atoms with Gasteiger partial charge in [0.25, 0.3) is 5.91 Å². The third-order valence-corrected chi connectivity index (χ3v) is 5.00. The number of carbonyl (C=O) groups is 3. The lowest BCUT2D eigenvalue weighted by Gasteiger charge is -2.33. The number of carbonyl (C=O) groups excluding carboxylic acids is 3. The Morgan fingerprint density at radius 1 is 1.33 bits per heavy atom. The number of rotatable bonds is 5. The SMILES string of the molecule is CCOC(=O)C1CCCN(C(=O)CCN2C(=O)COc3cc(C)ccc32)C1. The van der Waals surface area contributed by atoms with Crippen LogP contribution in [0, 0.1) is 12.8 Å². The van der Waals surface area contributed by atoms with Gasteiger partial charge in [0, 0.05) is 26.1 Å². The molecule has 0 saturated carbocycles. The molecule has 1 saturated heterocycles. The Balaban J connectivity index is 1.60. The summed E-state index contributed by atoms with van der Waals surface area (Å²) < 4.78 is 10.6. The highest BCUT2D eigenvalue weighted by Crippen LogP contribution is 2.33. The molecule has 2 aliphatic rings. The number of hydrogen-bond acceptors (Lipinski definition) is 5. The Labute approximate surface area is 159 Å². The molecule has 0 aromatic heterocycles. The number of ether oxygens (including phenoxy) is 2. The van der Waals surface area contributed by atoms with Gasteiger partial charge in [0.15, 0.2) is 6.61 Å². The van der Waals surface area contributed by atoms with Gasteiger partial charge in [-0.1, -0.05) is 6.07 Å². The summed E-state index contributed by atoms with van der Waals surface area (Å²) in [6, 6.07) is 5.67. The van der Waals surface area contributed by atoms with Gasteiger partial charge in [0.05, 0.1) is 18.2 Å². The molecule has 0 bridgehead atoms. The Morgan fingerprint density at radius 3 is 2.93 bits per heavy atom. The zero-order valence-corrected chi connectivity index (χ0v) is 15.9. The lowest BCUT2D eigenvalue weighted by atomic mass is 9.98. The van der Waals surface area contributed by atoms with Crippen LogP contribution in [0.4, 0.5) is 5.69 Å². The molecule has 1 unspecified atom stereocenters. The molecule has 1 aromatic rings. The highest BCUT2D eigenvalue weighted by atomic mass is 16.5. The minimum atomic E-state index is -0.253. The highest BCUT2D eigenvalue weighted by Gasteiger charge is 2.31. The van der Waals surface area contributed by atoms with Gasteiger partial charge in [0.2, 0.25) is 5.91 Å². The number of fused-ring (bicyclic) bond motifs is 1. The maximum absolute atomic E-state index is 12.6. The average molecular weight is 374 g/mol. The van der Waals surface area contributed by atoms with Crippen LogP contribution in [-0.4, -0.2) is 55.5 Å². The summed E-state index contributed by atoms with van der Waals surface area (Å²) in [6.45, 7) is 5.41. The molecule has 2 amide bonds. The maximum atomic E-state index is 12.6. The molecular formula is C20H26N2O5. The van der Waals surface area contributed by atoms with Crippen molar-refractivity contribution in [3.05, 3.63) is 23.8 Å². The number of likely N-dealkylation sites (tertiary alicyclic amines) is 1. The van der Waals surface area contributed by atoms with E-state index in [1.807, 2.05) is 25.1 Å². The number of anilines is 1. The van der Waals surface area contributed by atoms with E-state index in [0.29, 0.717) is 37.7 Å². The molecule has 1 fully saturated rings. The number of benzene rings is 1. The molecule has 7 heteroatoms. The fourth-order valence-corrected chi connectivity index (χ4v) is 3.58. The first-order valence-corrected chi connectivity index (χ1v) is 9.47. The van der Waals surface area contributed by atoms with E-state index in [1.165, 1.54) is 0 Å². The number of aryl methyl sites for hydroxylation is 1. The monoisotopic (exact) mass is 374 g/mol. The van der Waals surface area contributed by atoms with Crippen molar-refractivity contribution in [3.8, 4) is 5.75 Å². The number of nitrogens with zero attached hydrogens (tertiary/aromatic N) is 2. The summed E-state index contributed by atoms with van der Waals surface area (Å²) in [5, 5.41) is 0. The van der Waals surface area contributed by atoms with Gasteiger partial charge in [-0.05, 0) is 44.4 Å². The van der Waals surface area contributed by atoms with E-state index in [0.717, 1.165) is 18.4 Å². The molecule has 2 aliphatic heterocycles. The number of piperidine rings is 1. The molecular weight excluding hydrogens is 348 g/mol. The molecule has 1 aromatic carbocycles. The van der Waals surface area contributed by atoms with E-state index in [1.54, 1.807) is 16.7 Å². The van der Waals surface area contributed by atoms with Crippen LogP contribution in [0.5, 0.6) is 5.75 Å². The summed E-state index contributed by atoms with van der Waals surface area (Å²) in [7, 11) is 0. The van der Waals surface area contributed by atoms with Gasteiger partial charge >= 0.3 is 5.97 Å². The van der Waals surface area contributed by atoms with Gasteiger partial charge in [-0.25, -0.2) is 0 Å². The van der Waals surface area contributed by atoms with Gasteiger partial charge in [-0.2, -0.15) is 0 Å².